The van der Waals surface area contributed by atoms with Gasteiger partial charge in [-0.1, -0.05) is 5.92 Å². The maximum atomic E-state index is 11.0. The average molecular weight is 260 g/mol. The topological polar surface area (TPSA) is 34.9 Å². The van der Waals surface area contributed by atoms with Gasteiger partial charge in [-0.15, -0.1) is 6.42 Å². The van der Waals surface area contributed by atoms with E-state index in [1.165, 1.54) is 10.7 Å². The molecule has 0 radical (unpaired) electrons. The summed E-state index contributed by atoms with van der Waals surface area (Å²) in [4.78, 5) is 11.0. The van der Waals surface area contributed by atoms with E-state index in [2.05, 4.69) is 11.0 Å². The summed E-state index contributed by atoms with van der Waals surface area (Å²) in [7, 11) is 0. The highest BCUT2D eigenvalue weighted by Gasteiger charge is 1.94. The van der Waals surface area contributed by atoms with Crippen LogP contribution in [0.3, 0.4) is 0 Å². The number of nitrogens with zero attached hydrogens (tertiary/aromatic N) is 2. The molecule has 0 unspecified atom stereocenters. The maximum Gasteiger partial charge on any atom is 0.268 e. The zero-order valence-corrected chi connectivity index (χ0v) is 7.78. The molecule has 0 aliphatic carbocycles. The summed E-state index contributed by atoms with van der Waals surface area (Å²) in [5.41, 5.74) is -0.158. The van der Waals surface area contributed by atoms with E-state index >= 15 is 0 Å². The van der Waals surface area contributed by atoms with Gasteiger partial charge in [0, 0.05) is 9.64 Å². The predicted molar refractivity (Wildman–Crippen MR) is 50.0 cm³/mol. The Morgan fingerprint density at radius 1 is 1.82 bits per heavy atom. The van der Waals surface area contributed by atoms with Crippen LogP contribution in [0.15, 0.2) is 17.1 Å². The largest absolute Gasteiger partial charge is 0.268 e. The van der Waals surface area contributed by atoms with E-state index in [9.17, 15) is 4.79 Å². The fourth-order valence-corrected chi connectivity index (χ4v) is 1.01. The lowest BCUT2D eigenvalue weighted by molar-refractivity contribution is 0.660. The van der Waals surface area contributed by atoms with Gasteiger partial charge in [0.05, 0.1) is 6.20 Å². The van der Waals surface area contributed by atoms with E-state index in [0.717, 1.165) is 3.57 Å². The minimum absolute atomic E-state index is 0.158. The van der Waals surface area contributed by atoms with Gasteiger partial charge < -0.3 is 0 Å². The Morgan fingerprint density at radius 3 is 3.09 bits per heavy atom. The van der Waals surface area contributed by atoms with Gasteiger partial charge in [0.2, 0.25) is 0 Å². The number of halogens is 1. The Bertz CT molecular complexity index is 350. The summed E-state index contributed by atoms with van der Waals surface area (Å²) in [6.45, 7) is 0.232. The molecule has 0 bridgehead atoms. The van der Waals surface area contributed by atoms with Crippen molar-refractivity contribution in [2.24, 2.45) is 0 Å². The van der Waals surface area contributed by atoms with Crippen molar-refractivity contribution in [1.29, 1.82) is 0 Å². The van der Waals surface area contributed by atoms with Gasteiger partial charge >= 0.3 is 0 Å². The normalized spacial score (nSPS) is 9.09. The van der Waals surface area contributed by atoms with Gasteiger partial charge in [-0.05, 0) is 22.6 Å². The molecule has 1 heterocycles. The molecule has 0 aliphatic heterocycles. The van der Waals surface area contributed by atoms with Crippen molar-refractivity contribution in [3.63, 3.8) is 0 Å². The van der Waals surface area contributed by atoms with Crippen LogP contribution in [-0.2, 0) is 6.54 Å². The second-order valence-corrected chi connectivity index (χ2v) is 3.12. The minimum atomic E-state index is -0.158. The molecule has 0 N–H and O–H groups in total. The standard InChI is InChI=1S/C7H5IN2O/c1-2-3-10-7(11)4-6(8)5-9-10/h1,4-5H,3H2. The molecule has 56 valence electrons. The lowest BCUT2D eigenvalue weighted by atomic mass is 10.5. The molecule has 0 aromatic carbocycles. The van der Waals surface area contributed by atoms with Gasteiger partial charge in [-0.3, -0.25) is 4.79 Å². The number of aromatic nitrogens is 2. The van der Waals surface area contributed by atoms with Gasteiger partial charge in [0.15, 0.2) is 0 Å². The third-order valence-corrected chi connectivity index (χ3v) is 1.67. The SMILES string of the molecule is C#CCn1ncc(I)cc1=O. The zero-order chi connectivity index (χ0) is 8.27. The van der Waals surface area contributed by atoms with Crippen molar-refractivity contribution in [1.82, 2.24) is 9.78 Å². The number of rotatable bonds is 1. The predicted octanol–water partition coefficient (Wildman–Crippen LogP) is 0.481. The second-order valence-electron chi connectivity index (χ2n) is 1.87. The smallest absolute Gasteiger partial charge is 0.268 e. The molecular formula is C7H5IN2O. The first-order valence-electron chi connectivity index (χ1n) is 2.90. The fourth-order valence-electron chi connectivity index (χ4n) is 0.617. The van der Waals surface area contributed by atoms with E-state index in [1.807, 2.05) is 22.6 Å². The van der Waals surface area contributed by atoms with Crippen LogP contribution in [0, 0.1) is 15.9 Å². The van der Waals surface area contributed by atoms with Crippen LogP contribution < -0.4 is 5.56 Å². The Balaban J connectivity index is 3.12. The highest BCUT2D eigenvalue weighted by Crippen LogP contribution is 1.95. The molecule has 4 heteroatoms. The number of terminal acetylenes is 1. The van der Waals surface area contributed by atoms with Gasteiger partial charge in [-0.2, -0.15) is 5.10 Å². The van der Waals surface area contributed by atoms with E-state index < -0.39 is 0 Å². The van der Waals surface area contributed by atoms with Crippen molar-refractivity contribution in [2.75, 3.05) is 0 Å². The number of hydrogen-bond acceptors (Lipinski definition) is 2. The molecule has 1 rings (SSSR count). The van der Waals surface area contributed by atoms with Crippen molar-refractivity contribution in [2.45, 2.75) is 6.54 Å². The van der Waals surface area contributed by atoms with Crippen molar-refractivity contribution >= 4 is 22.6 Å². The van der Waals surface area contributed by atoms with Crippen LogP contribution in [0.2, 0.25) is 0 Å². The first-order chi connectivity index (χ1) is 5.24. The van der Waals surface area contributed by atoms with Gasteiger partial charge in [0.25, 0.3) is 5.56 Å². The van der Waals surface area contributed by atoms with E-state index in [1.54, 1.807) is 6.20 Å². The molecule has 3 nitrogen and oxygen atoms in total. The molecule has 1 aromatic heterocycles. The second kappa shape index (κ2) is 3.53. The molecule has 0 aliphatic rings. The van der Waals surface area contributed by atoms with E-state index in [0.29, 0.717) is 0 Å². The van der Waals surface area contributed by atoms with Crippen LogP contribution >= 0.6 is 22.6 Å². The minimum Gasteiger partial charge on any atom is -0.268 e. The van der Waals surface area contributed by atoms with Gasteiger partial charge in [-0.25, -0.2) is 4.68 Å². The quantitative estimate of drug-likeness (QED) is 0.543. The molecule has 0 atom stereocenters. The molecular weight excluding hydrogens is 255 g/mol. The molecule has 0 spiro atoms. The molecule has 1 aromatic rings. The highest BCUT2D eigenvalue weighted by atomic mass is 127. The highest BCUT2D eigenvalue weighted by molar-refractivity contribution is 14.1. The zero-order valence-electron chi connectivity index (χ0n) is 5.62. The average Bonchev–Trinajstić information content (AvgIpc) is 1.95. The van der Waals surface area contributed by atoms with Crippen LogP contribution in [0.25, 0.3) is 0 Å². The van der Waals surface area contributed by atoms with Crippen molar-refractivity contribution < 1.29 is 0 Å². The van der Waals surface area contributed by atoms with Crippen molar-refractivity contribution in [3.05, 3.63) is 26.2 Å². The third kappa shape index (κ3) is 2.05. The molecule has 0 fully saturated rings. The first kappa shape index (κ1) is 8.27. The fraction of sp³-hybridized carbons (Fsp3) is 0.143. The van der Waals surface area contributed by atoms with Crippen LogP contribution in [0.1, 0.15) is 0 Å². The van der Waals surface area contributed by atoms with Crippen molar-refractivity contribution in [3.8, 4) is 12.3 Å². The first-order valence-corrected chi connectivity index (χ1v) is 3.98. The Labute approximate surface area is 77.6 Å². The molecule has 11 heavy (non-hydrogen) atoms. The summed E-state index contributed by atoms with van der Waals surface area (Å²) in [6.07, 6.45) is 6.61. The van der Waals surface area contributed by atoms with Crippen LogP contribution in [0.4, 0.5) is 0 Å². The van der Waals surface area contributed by atoms with Crippen LogP contribution in [-0.4, -0.2) is 9.78 Å². The van der Waals surface area contributed by atoms with E-state index in [4.69, 9.17) is 6.42 Å². The summed E-state index contributed by atoms with van der Waals surface area (Å²) in [5, 5.41) is 3.82. The Hall–Kier alpha value is -0.830. The monoisotopic (exact) mass is 260 g/mol. The summed E-state index contributed by atoms with van der Waals surface area (Å²) in [5.74, 6) is 2.34. The van der Waals surface area contributed by atoms with Crippen LogP contribution in [0.5, 0.6) is 0 Å². The molecule has 0 amide bonds. The number of hydrogen-bond donors (Lipinski definition) is 0. The molecule has 0 saturated carbocycles. The van der Waals surface area contributed by atoms with Gasteiger partial charge in [0.1, 0.15) is 6.54 Å². The lowest BCUT2D eigenvalue weighted by Gasteiger charge is -1.96. The third-order valence-electron chi connectivity index (χ3n) is 1.08. The Kier molecular flexibility index (Phi) is 2.65. The lowest BCUT2D eigenvalue weighted by Crippen LogP contribution is -2.21. The summed E-state index contributed by atoms with van der Waals surface area (Å²) < 4.78 is 2.06. The van der Waals surface area contributed by atoms with E-state index in [-0.39, 0.29) is 12.1 Å². The molecule has 0 saturated heterocycles. The maximum absolute atomic E-state index is 11.0. The summed E-state index contributed by atoms with van der Waals surface area (Å²) in [6, 6.07) is 1.49. The summed E-state index contributed by atoms with van der Waals surface area (Å²) >= 11 is 2.02. The Morgan fingerprint density at radius 2 is 2.55 bits per heavy atom.